The lowest BCUT2D eigenvalue weighted by molar-refractivity contribution is 0.667. The Morgan fingerprint density at radius 2 is 0.615 bits per heavy atom. The van der Waals surface area contributed by atoms with Crippen LogP contribution in [-0.2, 0) is 12.8 Å². The maximum atomic E-state index is 2.47. The van der Waals surface area contributed by atoms with Crippen LogP contribution in [-0.4, -0.2) is 0 Å². The Balaban J connectivity index is 1.41. The second-order valence-corrected chi connectivity index (χ2v) is 14.1. The van der Waals surface area contributed by atoms with Gasteiger partial charge in [0.1, 0.15) is 0 Å². The van der Waals surface area contributed by atoms with Crippen molar-refractivity contribution >= 4 is 55.7 Å². The minimum atomic E-state index is 1.13. The van der Waals surface area contributed by atoms with Gasteiger partial charge >= 0.3 is 0 Å². The number of nitrogens with zero attached hydrogens (tertiary/aromatic N) is 2. The molecule has 0 saturated heterocycles. The van der Waals surface area contributed by atoms with Crippen LogP contribution in [0.2, 0.25) is 0 Å². The molecule has 2 nitrogen and oxygen atoms in total. The second kappa shape index (κ2) is 17.2. The number of para-hydroxylation sites is 2. The van der Waals surface area contributed by atoms with E-state index in [4.69, 9.17) is 0 Å². The molecule has 0 radical (unpaired) electrons. The molecule has 52 heavy (non-hydrogen) atoms. The highest BCUT2D eigenvalue weighted by Gasteiger charge is 2.25. The Hall–Kier alpha value is -5.34. The van der Waals surface area contributed by atoms with Crippen molar-refractivity contribution in [2.45, 2.75) is 78.1 Å². The Labute approximate surface area is 311 Å². The van der Waals surface area contributed by atoms with Crippen molar-refractivity contribution in [3.63, 3.8) is 0 Å². The van der Waals surface area contributed by atoms with Crippen LogP contribution in [0.5, 0.6) is 0 Å². The quantitative estimate of drug-likeness (QED) is 0.0569. The fourth-order valence-corrected chi connectivity index (χ4v) is 7.67. The van der Waals surface area contributed by atoms with Crippen LogP contribution in [0.25, 0.3) is 21.5 Å². The predicted octanol–water partition coefficient (Wildman–Crippen LogP) is 15.2. The summed E-state index contributed by atoms with van der Waals surface area (Å²) in [5.41, 5.74) is 9.85. The molecule has 2 heteroatoms. The molecule has 0 aliphatic heterocycles. The zero-order chi connectivity index (χ0) is 35.5. The Morgan fingerprint density at radius 1 is 0.308 bits per heavy atom. The van der Waals surface area contributed by atoms with E-state index in [0.717, 1.165) is 24.2 Å². The molecule has 7 aromatic rings. The largest absolute Gasteiger partial charge is 0.309 e. The molecule has 0 amide bonds. The molecule has 0 spiro atoms. The zero-order valence-corrected chi connectivity index (χ0v) is 31.0. The summed E-state index contributed by atoms with van der Waals surface area (Å²) in [4.78, 5) is 4.94. The van der Waals surface area contributed by atoms with E-state index in [1.165, 1.54) is 107 Å². The fourth-order valence-electron chi connectivity index (χ4n) is 7.67. The van der Waals surface area contributed by atoms with E-state index >= 15 is 0 Å². The van der Waals surface area contributed by atoms with Crippen molar-refractivity contribution in [3.8, 4) is 0 Å². The summed E-state index contributed by atoms with van der Waals surface area (Å²) in [5.74, 6) is 0. The number of hydrogen-bond donors (Lipinski definition) is 0. The standard InChI is InChI=1S/C50H52N2/c1-3-5-7-11-21-39-31-35-43(36-32-39)51(41-23-13-9-14-24-41)49-45-27-17-19-29-47(45)50(48-30-20-18-28-46(48)49)52(42-25-15-10-16-26-42)44-37-33-40(34-38-44)22-12-8-6-4-2/h9-10,13-20,23-38H,3-8,11-12,21-22H2,1-2H3. The van der Waals surface area contributed by atoms with E-state index in [1.807, 2.05) is 0 Å². The van der Waals surface area contributed by atoms with Gasteiger partial charge in [0.05, 0.1) is 11.4 Å². The van der Waals surface area contributed by atoms with E-state index in [-0.39, 0.29) is 0 Å². The minimum absolute atomic E-state index is 1.13. The topological polar surface area (TPSA) is 6.48 Å². The van der Waals surface area contributed by atoms with Gasteiger partial charge in [-0.25, -0.2) is 0 Å². The first-order valence-electron chi connectivity index (χ1n) is 19.6. The van der Waals surface area contributed by atoms with Crippen LogP contribution in [0.1, 0.15) is 76.3 Å². The van der Waals surface area contributed by atoms with E-state index in [0.29, 0.717) is 0 Å². The molecule has 0 saturated carbocycles. The van der Waals surface area contributed by atoms with Crippen molar-refractivity contribution in [3.05, 3.63) is 169 Å². The Morgan fingerprint density at radius 3 is 0.942 bits per heavy atom. The van der Waals surface area contributed by atoms with Gasteiger partial charge in [-0.05, 0) is 85.3 Å². The van der Waals surface area contributed by atoms with Gasteiger partial charge in [0.2, 0.25) is 0 Å². The number of anilines is 6. The molecular weight excluding hydrogens is 629 g/mol. The highest BCUT2D eigenvalue weighted by atomic mass is 15.2. The van der Waals surface area contributed by atoms with Crippen molar-refractivity contribution in [1.82, 2.24) is 0 Å². The normalized spacial score (nSPS) is 11.3. The number of hydrogen-bond acceptors (Lipinski definition) is 2. The molecule has 7 rings (SSSR count). The summed E-state index contributed by atoms with van der Waals surface area (Å²) in [6.07, 6.45) is 12.5. The minimum Gasteiger partial charge on any atom is -0.309 e. The average molecular weight is 681 g/mol. The lowest BCUT2D eigenvalue weighted by Crippen LogP contribution is -2.14. The molecule has 262 valence electrons. The summed E-state index contributed by atoms with van der Waals surface area (Å²) in [7, 11) is 0. The number of rotatable bonds is 16. The third-order valence-corrected chi connectivity index (χ3v) is 10.4. The smallest absolute Gasteiger partial charge is 0.0619 e. The predicted molar refractivity (Wildman–Crippen MR) is 227 cm³/mol. The first kappa shape index (κ1) is 35.1. The molecular formula is C50H52N2. The summed E-state index contributed by atoms with van der Waals surface area (Å²) >= 11 is 0. The molecule has 0 atom stereocenters. The van der Waals surface area contributed by atoms with Crippen LogP contribution < -0.4 is 9.80 Å². The van der Waals surface area contributed by atoms with Crippen LogP contribution in [0.3, 0.4) is 0 Å². The zero-order valence-electron chi connectivity index (χ0n) is 31.0. The van der Waals surface area contributed by atoms with E-state index in [9.17, 15) is 0 Å². The fraction of sp³-hybridized carbons (Fsp3) is 0.240. The van der Waals surface area contributed by atoms with E-state index < -0.39 is 0 Å². The van der Waals surface area contributed by atoms with Crippen LogP contribution >= 0.6 is 0 Å². The molecule has 0 aliphatic rings. The lowest BCUT2D eigenvalue weighted by atomic mass is 9.95. The monoisotopic (exact) mass is 680 g/mol. The van der Waals surface area contributed by atoms with Crippen LogP contribution in [0.4, 0.5) is 34.1 Å². The number of benzene rings is 7. The molecule has 7 aromatic carbocycles. The first-order valence-corrected chi connectivity index (χ1v) is 19.6. The third-order valence-electron chi connectivity index (χ3n) is 10.4. The summed E-state index contributed by atoms with van der Waals surface area (Å²) in [6, 6.07) is 58.3. The maximum Gasteiger partial charge on any atom is 0.0619 e. The lowest BCUT2D eigenvalue weighted by Gasteiger charge is -2.33. The second-order valence-electron chi connectivity index (χ2n) is 14.1. The molecule has 0 aromatic heterocycles. The van der Waals surface area contributed by atoms with Gasteiger partial charge in [-0.2, -0.15) is 0 Å². The number of fused-ring (bicyclic) bond motifs is 2. The SMILES string of the molecule is CCCCCCc1ccc(N(c2ccccc2)c2c3ccccc3c(N(c3ccccc3)c3ccc(CCCCCC)cc3)c3ccccc23)cc1. The Kier molecular flexibility index (Phi) is 11.6. The van der Waals surface area contributed by atoms with Crippen molar-refractivity contribution in [2.75, 3.05) is 9.80 Å². The highest BCUT2D eigenvalue weighted by Crippen LogP contribution is 2.50. The highest BCUT2D eigenvalue weighted by molar-refractivity contribution is 6.23. The molecule has 0 bridgehead atoms. The number of aryl methyl sites for hydroxylation is 2. The van der Waals surface area contributed by atoms with Gasteiger partial charge in [-0.15, -0.1) is 0 Å². The van der Waals surface area contributed by atoms with Crippen molar-refractivity contribution < 1.29 is 0 Å². The van der Waals surface area contributed by atoms with Gasteiger partial charge in [0, 0.05) is 44.3 Å². The number of unbranched alkanes of at least 4 members (excludes halogenated alkanes) is 6. The third kappa shape index (κ3) is 7.77. The average Bonchev–Trinajstić information content (AvgIpc) is 3.21. The van der Waals surface area contributed by atoms with Crippen LogP contribution in [0, 0.1) is 0 Å². The van der Waals surface area contributed by atoms with E-state index in [2.05, 4.69) is 181 Å². The van der Waals surface area contributed by atoms with Crippen molar-refractivity contribution in [2.24, 2.45) is 0 Å². The Bertz CT molecular complexity index is 1940. The summed E-state index contributed by atoms with van der Waals surface area (Å²) in [5, 5.41) is 4.88. The van der Waals surface area contributed by atoms with Gasteiger partial charge < -0.3 is 9.80 Å². The van der Waals surface area contributed by atoms with Gasteiger partial charge in [-0.1, -0.05) is 162 Å². The van der Waals surface area contributed by atoms with Crippen molar-refractivity contribution in [1.29, 1.82) is 0 Å². The maximum absolute atomic E-state index is 2.47. The van der Waals surface area contributed by atoms with Gasteiger partial charge in [-0.3, -0.25) is 0 Å². The summed E-state index contributed by atoms with van der Waals surface area (Å²) in [6.45, 7) is 4.55. The molecule has 0 heterocycles. The molecule has 0 unspecified atom stereocenters. The molecule has 0 aliphatic carbocycles. The van der Waals surface area contributed by atoms with Gasteiger partial charge in [0.25, 0.3) is 0 Å². The molecule has 0 N–H and O–H groups in total. The first-order chi connectivity index (χ1) is 25.8. The van der Waals surface area contributed by atoms with Gasteiger partial charge in [0.15, 0.2) is 0 Å². The van der Waals surface area contributed by atoms with E-state index in [1.54, 1.807) is 0 Å². The van der Waals surface area contributed by atoms with Crippen LogP contribution in [0.15, 0.2) is 158 Å². The molecule has 0 fully saturated rings. The summed E-state index contributed by atoms with van der Waals surface area (Å²) < 4.78 is 0.